The Morgan fingerprint density at radius 3 is 2.48 bits per heavy atom. The number of aryl methyl sites for hydroxylation is 2. The van der Waals surface area contributed by atoms with Crippen molar-refractivity contribution in [2.75, 3.05) is 0 Å². The highest BCUT2D eigenvalue weighted by Gasteiger charge is 2.43. The number of ketones is 1. The second-order valence-corrected chi connectivity index (χ2v) is 6.32. The van der Waals surface area contributed by atoms with Gasteiger partial charge in [-0.2, -0.15) is 0 Å². The third-order valence-corrected chi connectivity index (χ3v) is 4.50. The molecule has 126 valence electrons. The van der Waals surface area contributed by atoms with Crippen LogP contribution in [0.2, 0.25) is 0 Å². The average Bonchev–Trinajstić information content (AvgIpc) is 2.83. The molecule has 4 heteroatoms. The Balaban J connectivity index is 1.91. The minimum atomic E-state index is -0.752. The lowest BCUT2D eigenvalue weighted by atomic mass is 9.86. The summed E-state index contributed by atoms with van der Waals surface area (Å²) in [7, 11) is 0. The zero-order valence-electron chi connectivity index (χ0n) is 14.6. The van der Waals surface area contributed by atoms with Gasteiger partial charge in [-0.25, -0.2) is 0 Å². The minimum Gasteiger partial charge on any atom is -0.345 e. The molecule has 2 heterocycles. The van der Waals surface area contributed by atoms with Gasteiger partial charge in [0.1, 0.15) is 5.92 Å². The van der Waals surface area contributed by atoms with E-state index in [9.17, 15) is 9.59 Å². The van der Waals surface area contributed by atoms with Gasteiger partial charge in [0, 0.05) is 23.9 Å². The number of aromatic nitrogens is 1. The zero-order valence-corrected chi connectivity index (χ0v) is 14.6. The van der Waals surface area contributed by atoms with Crippen molar-refractivity contribution in [3.8, 4) is 11.8 Å². The van der Waals surface area contributed by atoms with Crippen LogP contribution in [0, 0.1) is 25.7 Å². The van der Waals surface area contributed by atoms with Crippen molar-refractivity contribution in [3.05, 3.63) is 64.5 Å². The van der Waals surface area contributed by atoms with Gasteiger partial charge in [0.05, 0.1) is 6.04 Å². The molecule has 1 aliphatic heterocycles. The van der Waals surface area contributed by atoms with E-state index >= 15 is 0 Å². The van der Waals surface area contributed by atoms with Gasteiger partial charge in [-0.3, -0.25) is 14.6 Å². The second kappa shape index (κ2) is 6.90. The topological polar surface area (TPSA) is 59.1 Å². The third kappa shape index (κ3) is 3.32. The van der Waals surface area contributed by atoms with Crippen LogP contribution in [0.15, 0.2) is 36.5 Å². The SMILES string of the molecule is CC#Cc1cc(C)c(C2C(=O)NC(Cc3ccccn3)C2=O)c(C)c1. The number of carbonyl (C=O) groups is 2. The van der Waals surface area contributed by atoms with Crippen LogP contribution < -0.4 is 5.32 Å². The highest BCUT2D eigenvalue weighted by atomic mass is 16.2. The Bertz CT molecular complexity index is 868. The van der Waals surface area contributed by atoms with Gasteiger partial charge in [0.25, 0.3) is 0 Å². The molecule has 2 atom stereocenters. The van der Waals surface area contributed by atoms with Crippen LogP contribution in [0.5, 0.6) is 0 Å². The Morgan fingerprint density at radius 1 is 1.16 bits per heavy atom. The van der Waals surface area contributed by atoms with E-state index in [1.165, 1.54) is 0 Å². The molecule has 1 aromatic carbocycles. The number of nitrogens with one attached hydrogen (secondary N) is 1. The van der Waals surface area contributed by atoms with Crippen LogP contribution in [0.1, 0.15) is 40.8 Å². The van der Waals surface area contributed by atoms with E-state index in [1.807, 2.05) is 44.2 Å². The molecule has 2 aromatic rings. The number of carbonyl (C=O) groups excluding carboxylic acids is 2. The first-order chi connectivity index (χ1) is 12.0. The molecular weight excluding hydrogens is 312 g/mol. The summed E-state index contributed by atoms with van der Waals surface area (Å²) in [5.74, 6) is 4.83. The first kappa shape index (κ1) is 16.9. The third-order valence-electron chi connectivity index (χ3n) is 4.50. The van der Waals surface area contributed by atoms with E-state index in [-0.39, 0.29) is 11.7 Å². The van der Waals surface area contributed by atoms with E-state index in [1.54, 1.807) is 13.1 Å². The quantitative estimate of drug-likeness (QED) is 0.694. The molecule has 1 N–H and O–H groups in total. The lowest BCUT2D eigenvalue weighted by Crippen LogP contribution is -2.31. The molecule has 1 saturated heterocycles. The van der Waals surface area contributed by atoms with E-state index in [0.29, 0.717) is 6.42 Å². The Labute approximate surface area is 147 Å². The van der Waals surface area contributed by atoms with Crippen molar-refractivity contribution in [1.29, 1.82) is 0 Å². The summed E-state index contributed by atoms with van der Waals surface area (Å²) >= 11 is 0. The maximum atomic E-state index is 12.9. The molecule has 1 amide bonds. The maximum Gasteiger partial charge on any atom is 0.235 e. The van der Waals surface area contributed by atoms with E-state index in [2.05, 4.69) is 22.1 Å². The summed E-state index contributed by atoms with van der Waals surface area (Å²) in [6.45, 7) is 5.64. The minimum absolute atomic E-state index is 0.0869. The summed E-state index contributed by atoms with van der Waals surface area (Å²) in [5.41, 5.74) is 4.34. The fourth-order valence-corrected chi connectivity index (χ4v) is 3.46. The number of amides is 1. The number of hydrogen-bond donors (Lipinski definition) is 1. The van der Waals surface area contributed by atoms with E-state index in [4.69, 9.17) is 0 Å². The van der Waals surface area contributed by atoms with Gasteiger partial charge < -0.3 is 5.32 Å². The largest absolute Gasteiger partial charge is 0.345 e. The summed E-state index contributed by atoms with van der Waals surface area (Å²) in [6.07, 6.45) is 2.11. The number of Topliss-reactive ketones (excluding diaryl/α,β-unsaturated/α-hetero) is 1. The molecule has 3 rings (SSSR count). The van der Waals surface area contributed by atoms with Gasteiger partial charge in [-0.1, -0.05) is 12.0 Å². The highest BCUT2D eigenvalue weighted by Crippen LogP contribution is 2.31. The summed E-state index contributed by atoms with van der Waals surface area (Å²) < 4.78 is 0. The summed E-state index contributed by atoms with van der Waals surface area (Å²) in [4.78, 5) is 29.7. The molecule has 0 saturated carbocycles. The fourth-order valence-electron chi connectivity index (χ4n) is 3.46. The molecule has 1 fully saturated rings. The van der Waals surface area contributed by atoms with Gasteiger partial charge in [-0.05, 0) is 61.7 Å². The Hall–Kier alpha value is -2.93. The molecule has 0 radical (unpaired) electrons. The molecule has 1 aromatic heterocycles. The average molecular weight is 332 g/mol. The predicted octanol–water partition coefficient (Wildman–Crippen LogP) is 2.46. The van der Waals surface area contributed by atoms with Gasteiger partial charge in [-0.15, -0.1) is 5.92 Å². The van der Waals surface area contributed by atoms with Crippen molar-refractivity contribution >= 4 is 11.7 Å². The molecule has 4 nitrogen and oxygen atoms in total. The number of rotatable bonds is 3. The first-order valence-corrected chi connectivity index (χ1v) is 8.29. The molecule has 25 heavy (non-hydrogen) atoms. The van der Waals surface area contributed by atoms with Crippen LogP contribution in [-0.2, 0) is 16.0 Å². The van der Waals surface area contributed by atoms with E-state index in [0.717, 1.165) is 27.9 Å². The van der Waals surface area contributed by atoms with Crippen LogP contribution in [0.3, 0.4) is 0 Å². The Kier molecular flexibility index (Phi) is 4.67. The standard InChI is InChI=1S/C21H20N2O2/c1-4-7-15-10-13(2)18(14(3)11-15)19-20(24)17(23-21(19)25)12-16-8-5-6-9-22-16/h5-6,8-11,17,19H,12H2,1-3H3,(H,23,25). The maximum absolute atomic E-state index is 12.9. The molecule has 2 unspecified atom stereocenters. The number of nitrogens with zero attached hydrogens (tertiary/aromatic N) is 1. The van der Waals surface area contributed by atoms with Crippen LogP contribution in [0.4, 0.5) is 0 Å². The lowest BCUT2D eigenvalue weighted by molar-refractivity contribution is -0.124. The normalized spacial score (nSPS) is 19.3. The lowest BCUT2D eigenvalue weighted by Gasteiger charge is -2.15. The van der Waals surface area contributed by atoms with Crippen LogP contribution in [0.25, 0.3) is 0 Å². The van der Waals surface area contributed by atoms with Crippen molar-refractivity contribution in [3.63, 3.8) is 0 Å². The predicted molar refractivity (Wildman–Crippen MR) is 96.1 cm³/mol. The van der Waals surface area contributed by atoms with Crippen molar-refractivity contribution < 1.29 is 9.59 Å². The fraction of sp³-hybridized carbons (Fsp3) is 0.286. The molecule has 0 spiro atoms. The number of hydrogen-bond acceptors (Lipinski definition) is 3. The van der Waals surface area contributed by atoms with Crippen molar-refractivity contribution in [2.24, 2.45) is 0 Å². The second-order valence-electron chi connectivity index (χ2n) is 6.32. The number of pyridine rings is 1. The summed E-state index contributed by atoms with van der Waals surface area (Å²) in [5, 5.41) is 2.84. The van der Waals surface area contributed by atoms with Crippen molar-refractivity contribution in [1.82, 2.24) is 10.3 Å². The first-order valence-electron chi connectivity index (χ1n) is 8.29. The summed E-state index contributed by atoms with van der Waals surface area (Å²) in [6, 6.07) is 8.91. The Morgan fingerprint density at radius 2 is 1.88 bits per heavy atom. The molecule has 0 aliphatic carbocycles. The van der Waals surface area contributed by atoms with Gasteiger partial charge in [0.15, 0.2) is 5.78 Å². The van der Waals surface area contributed by atoms with E-state index < -0.39 is 12.0 Å². The van der Waals surface area contributed by atoms with Gasteiger partial charge >= 0.3 is 0 Å². The van der Waals surface area contributed by atoms with Crippen molar-refractivity contribution in [2.45, 2.75) is 39.2 Å². The molecule has 0 bridgehead atoms. The highest BCUT2D eigenvalue weighted by molar-refractivity contribution is 6.15. The van der Waals surface area contributed by atoms with Crippen LogP contribution >= 0.6 is 0 Å². The molecular formula is C21H20N2O2. The van der Waals surface area contributed by atoms with Crippen LogP contribution in [-0.4, -0.2) is 22.7 Å². The monoisotopic (exact) mass is 332 g/mol. The zero-order chi connectivity index (χ0) is 18.0. The number of benzene rings is 1. The van der Waals surface area contributed by atoms with Gasteiger partial charge in [0.2, 0.25) is 5.91 Å². The smallest absolute Gasteiger partial charge is 0.235 e. The molecule has 1 aliphatic rings.